The molecule has 0 bridgehead atoms. The van der Waals surface area contributed by atoms with E-state index in [4.69, 9.17) is 0 Å². The Kier molecular flexibility index (Phi) is 4.72. The molecule has 150 valence electrons. The van der Waals surface area contributed by atoms with Crippen molar-refractivity contribution in [3.05, 3.63) is 85.5 Å². The van der Waals surface area contributed by atoms with E-state index in [2.05, 4.69) is 54.9 Å². The van der Waals surface area contributed by atoms with E-state index >= 15 is 0 Å². The van der Waals surface area contributed by atoms with Crippen molar-refractivity contribution in [3.8, 4) is 22.6 Å². The molecule has 0 aliphatic rings. The summed E-state index contributed by atoms with van der Waals surface area (Å²) in [4.78, 5) is 16.5. The quantitative estimate of drug-likeness (QED) is 0.364. The summed E-state index contributed by atoms with van der Waals surface area (Å²) in [6.45, 7) is 5.65. The minimum absolute atomic E-state index is 0.862. The second kappa shape index (κ2) is 7.84. The van der Waals surface area contributed by atoms with Gasteiger partial charge in [0, 0.05) is 52.9 Å². The Morgan fingerprint density at radius 2 is 1.94 bits per heavy atom. The van der Waals surface area contributed by atoms with Crippen LogP contribution in [0.3, 0.4) is 0 Å². The molecule has 0 amide bonds. The summed E-state index contributed by atoms with van der Waals surface area (Å²) in [5, 5.41) is 9.80. The smallest absolute Gasteiger partial charge is 0.116 e. The van der Waals surface area contributed by atoms with E-state index in [1.807, 2.05) is 55.9 Å². The third kappa shape index (κ3) is 3.34. The Morgan fingerprint density at radius 3 is 2.74 bits per heavy atom. The number of rotatable bonds is 5. The molecule has 5 aromatic rings. The second-order valence-electron chi connectivity index (χ2n) is 7.08. The van der Waals surface area contributed by atoms with Gasteiger partial charge in [-0.1, -0.05) is 18.7 Å². The number of H-pyrrole nitrogens is 2. The molecule has 0 unspecified atom stereocenters. The van der Waals surface area contributed by atoms with Crippen molar-refractivity contribution in [2.24, 2.45) is 4.99 Å². The van der Waals surface area contributed by atoms with Crippen molar-refractivity contribution < 1.29 is 0 Å². The van der Waals surface area contributed by atoms with Gasteiger partial charge in [-0.2, -0.15) is 5.10 Å². The van der Waals surface area contributed by atoms with Crippen LogP contribution in [0.1, 0.15) is 12.5 Å². The lowest BCUT2D eigenvalue weighted by Gasteiger charge is -2.02. The van der Waals surface area contributed by atoms with Gasteiger partial charge in [-0.05, 0) is 54.5 Å². The molecule has 4 aromatic heterocycles. The first kappa shape index (κ1) is 18.7. The molecule has 0 saturated carbocycles. The van der Waals surface area contributed by atoms with Crippen molar-refractivity contribution in [1.29, 1.82) is 0 Å². The fourth-order valence-electron chi connectivity index (χ4n) is 3.76. The van der Waals surface area contributed by atoms with E-state index in [1.165, 1.54) is 6.20 Å². The van der Waals surface area contributed by atoms with Crippen LogP contribution in [-0.4, -0.2) is 31.4 Å². The number of pyridine rings is 2. The molecule has 6 nitrogen and oxygen atoms in total. The summed E-state index contributed by atoms with van der Waals surface area (Å²) in [6, 6.07) is 14.2. The number of nitrogens with zero attached hydrogens (tertiary/aromatic N) is 4. The van der Waals surface area contributed by atoms with E-state index in [0.717, 1.165) is 55.6 Å². The number of aromatic nitrogens is 5. The molecule has 0 aliphatic carbocycles. The Bertz CT molecular complexity index is 1450. The average Bonchev–Trinajstić information content (AvgIpc) is 3.43. The van der Waals surface area contributed by atoms with Gasteiger partial charge in [0.1, 0.15) is 5.69 Å². The predicted octanol–water partition coefficient (Wildman–Crippen LogP) is 5.79. The van der Waals surface area contributed by atoms with Crippen LogP contribution in [0.4, 0.5) is 0 Å². The third-order valence-corrected chi connectivity index (χ3v) is 5.26. The van der Waals surface area contributed by atoms with Crippen LogP contribution >= 0.6 is 0 Å². The maximum atomic E-state index is 4.59. The number of fused-ring (bicyclic) bond motifs is 2. The number of aliphatic imine (C=N–C) groups is 1. The van der Waals surface area contributed by atoms with E-state index < -0.39 is 0 Å². The monoisotopic (exact) mass is 404 g/mol. The average molecular weight is 404 g/mol. The molecular formula is C25H20N6. The van der Waals surface area contributed by atoms with Gasteiger partial charge in [0.25, 0.3) is 0 Å². The van der Waals surface area contributed by atoms with Gasteiger partial charge in [-0.3, -0.25) is 20.1 Å². The zero-order valence-electron chi connectivity index (χ0n) is 17.0. The van der Waals surface area contributed by atoms with Crippen LogP contribution in [0, 0.1) is 0 Å². The molecule has 0 radical (unpaired) electrons. The van der Waals surface area contributed by atoms with Crippen molar-refractivity contribution >= 4 is 33.6 Å². The first-order valence-corrected chi connectivity index (χ1v) is 9.96. The number of aromatic amines is 2. The first-order chi connectivity index (χ1) is 15.3. The summed E-state index contributed by atoms with van der Waals surface area (Å²) in [7, 11) is 0. The van der Waals surface area contributed by atoms with Gasteiger partial charge in [0.2, 0.25) is 0 Å². The zero-order chi connectivity index (χ0) is 21.2. The number of nitrogens with one attached hydrogen (secondary N) is 2. The van der Waals surface area contributed by atoms with Gasteiger partial charge < -0.3 is 4.98 Å². The standard InChI is InChI=1S/C25H20N6/c1-3-16(14-26-4-2)17-7-8-22-19(12-17)25(31-30-22)23-13-20-21(29-23)9-11-28-24(20)18-6-5-10-27-15-18/h3-15,29H,2H2,1H3,(H,30,31)/b16-3+,26-14?. The van der Waals surface area contributed by atoms with E-state index in [0.29, 0.717) is 0 Å². The maximum absolute atomic E-state index is 4.59. The van der Waals surface area contributed by atoms with Crippen LogP contribution in [0.5, 0.6) is 0 Å². The van der Waals surface area contributed by atoms with Crippen LogP contribution < -0.4 is 0 Å². The Labute approximate surface area is 179 Å². The molecule has 5 rings (SSSR count). The normalized spacial score (nSPS) is 12.2. The first-order valence-electron chi connectivity index (χ1n) is 9.96. The number of hydrogen-bond acceptors (Lipinski definition) is 4. The van der Waals surface area contributed by atoms with Crippen LogP contribution in [0.25, 0.3) is 50.0 Å². The zero-order valence-corrected chi connectivity index (χ0v) is 17.0. The molecule has 0 atom stereocenters. The molecule has 0 saturated heterocycles. The molecule has 0 fully saturated rings. The highest BCUT2D eigenvalue weighted by atomic mass is 15.1. The van der Waals surface area contributed by atoms with E-state index in [1.54, 1.807) is 6.20 Å². The topological polar surface area (TPSA) is 82.6 Å². The van der Waals surface area contributed by atoms with Crippen LogP contribution in [0.2, 0.25) is 0 Å². The maximum Gasteiger partial charge on any atom is 0.116 e. The molecule has 0 spiro atoms. The Morgan fingerprint density at radius 1 is 1.03 bits per heavy atom. The summed E-state index contributed by atoms with van der Waals surface area (Å²) in [5.74, 6) is 0. The summed E-state index contributed by atoms with van der Waals surface area (Å²) in [5.41, 5.74) is 7.73. The molecule has 1 aromatic carbocycles. The summed E-state index contributed by atoms with van der Waals surface area (Å²) >= 11 is 0. The third-order valence-electron chi connectivity index (χ3n) is 5.26. The fourth-order valence-corrected chi connectivity index (χ4v) is 3.76. The van der Waals surface area contributed by atoms with Gasteiger partial charge >= 0.3 is 0 Å². The van der Waals surface area contributed by atoms with Crippen molar-refractivity contribution in [3.63, 3.8) is 0 Å². The molecule has 31 heavy (non-hydrogen) atoms. The Balaban J connectivity index is 1.65. The fraction of sp³-hybridized carbons (Fsp3) is 0.0400. The minimum atomic E-state index is 0.862. The van der Waals surface area contributed by atoms with Crippen LogP contribution in [-0.2, 0) is 0 Å². The molecule has 4 heterocycles. The number of hydrogen-bond donors (Lipinski definition) is 2. The summed E-state index contributed by atoms with van der Waals surface area (Å²) < 4.78 is 0. The molecule has 2 N–H and O–H groups in total. The highest BCUT2D eigenvalue weighted by Crippen LogP contribution is 2.33. The lowest BCUT2D eigenvalue weighted by molar-refractivity contribution is 1.12. The van der Waals surface area contributed by atoms with Gasteiger partial charge in [-0.15, -0.1) is 0 Å². The number of allylic oxidation sites excluding steroid dienone is 2. The molecule has 6 heteroatoms. The highest BCUT2D eigenvalue weighted by Gasteiger charge is 2.15. The SMILES string of the molecule is C=CN=C/C(=C\C)c1ccc2[nH]nc(-c3cc4c(-c5cccnc5)nccc4[nH]3)c2c1. The van der Waals surface area contributed by atoms with E-state index in [-0.39, 0.29) is 0 Å². The number of benzene rings is 1. The van der Waals surface area contributed by atoms with Crippen molar-refractivity contribution in [2.75, 3.05) is 0 Å². The lowest BCUT2D eigenvalue weighted by Crippen LogP contribution is -1.86. The van der Waals surface area contributed by atoms with Gasteiger partial charge in [0.15, 0.2) is 0 Å². The Hall–Kier alpha value is -4.32. The predicted molar refractivity (Wildman–Crippen MR) is 127 cm³/mol. The van der Waals surface area contributed by atoms with Crippen molar-refractivity contribution in [1.82, 2.24) is 25.1 Å². The largest absolute Gasteiger partial charge is 0.353 e. The summed E-state index contributed by atoms with van der Waals surface area (Å²) in [6.07, 6.45) is 10.8. The minimum Gasteiger partial charge on any atom is -0.353 e. The lowest BCUT2D eigenvalue weighted by atomic mass is 10.0. The van der Waals surface area contributed by atoms with Crippen molar-refractivity contribution in [2.45, 2.75) is 6.92 Å². The van der Waals surface area contributed by atoms with Gasteiger partial charge in [-0.25, -0.2) is 0 Å². The molecular weight excluding hydrogens is 384 g/mol. The molecule has 0 aliphatic heterocycles. The van der Waals surface area contributed by atoms with Gasteiger partial charge in [0.05, 0.1) is 16.9 Å². The second-order valence-corrected chi connectivity index (χ2v) is 7.08. The van der Waals surface area contributed by atoms with E-state index in [9.17, 15) is 0 Å². The highest BCUT2D eigenvalue weighted by molar-refractivity contribution is 6.11. The van der Waals surface area contributed by atoms with Crippen LogP contribution in [0.15, 0.2) is 84.9 Å².